The molecule has 1 aliphatic heterocycles. The third-order valence-corrected chi connectivity index (χ3v) is 7.67. The summed E-state index contributed by atoms with van der Waals surface area (Å²) < 4.78 is 66.9. The summed E-state index contributed by atoms with van der Waals surface area (Å²) in [7, 11) is 1.51. The molecular weight excluding hydrogens is 540 g/mol. The summed E-state index contributed by atoms with van der Waals surface area (Å²) in [5.41, 5.74) is 0.269. The largest absolute Gasteiger partial charge is 0.497 e. The summed E-state index contributed by atoms with van der Waals surface area (Å²) >= 11 is 6.35. The van der Waals surface area contributed by atoms with E-state index in [1.807, 2.05) is 4.90 Å². The molecule has 1 aliphatic rings. The van der Waals surface area contributed by atoms with Crippen molar-refractivity contribution in [2.75, 3.05) is 33.4 Å². The van der Waals surface area contributed by atoms with Gasteiger partial charge in [0.2, 0.25) is 0 Å². The second kappa shape index (κ2) is 12.4. The molecule has 0 spiro atoms. The van der Waals surface area contributed by atoms with Gasteiger partial charge in [0.15, 0.2) is 17.4 Å². The lowest BCUT2D eigenvalue weighted by molar-refractivity contribution is -0.141. The van der Waals surface area contributed by atoms with Crippen LogP contribution in [0.3, 0.4) is 0 Å². The number of likely N-dealkylation sites (tertiary alicyclic amines) is 1. The second-order valence-electron chi connectivity index (χ2n) is 9.87. The number of carbonyl (C=O) groups is 1. The Kier molecular flexibility index (Phi) is 9.17. The number of pyridine rings is 1. The van der Waals surface area contributed by atoms with Crippen molar-refractivity contribution in [3.05, 3.63) is 64.6 Å². The van der Waals surface area contributed by atoms with E-state index in [9.17, 15) is 23.1 Å². The summed E-state index contributed by atoms with van der Waals surface area (Å²) in [6.07, 6.45) is 1.29. The number of alkyl halides is 1. The molecule has 1 N–H and O–H groups in total. The van der Waals surface area contributed by atoms with Crippen molar-refractivity contribution in [1.82, 2.24) is 9.88 Å². The maximum Gasteiger partial charge on any atom is 0.303 e. The first kappa shape index (κ1) is 28.9. The molecule has 2 aromatic carbocycles. The lowest BCUT2D eigenvalue weighted by Gasteiger charge is -2.41. The Morgan fingerprint density at radius 1 is 1.18 bits per heavy atom. The van der Waals surface area contributed by atoms with E-state index >= 15 is 4.39 Å². The number of ether oxygens (including phenoxy) is 2. The van der Waals surface area contributed by atoms with Gasteiger partial charge in [0, 0.05) is 35.8 Å². The molecule has 0 saturated carbocycles. The SMILES string of the molecule is COc1ccc2ncc(Cl)c([C@H](F)CCC3(CC(=O)O)CCN(CCOc4c(F)cc(F)cc4F)CC3)c2c1. The third-order valence-electron chi connectivity index (χ3n) is 7.37. The van der Waals surface area contributed by atoms with Crippen LogP contribution in [-0.4, -0.2) is 54.3 Å². The number of nitrogens with zero attached hydrogens (tertiary/aromatic N) is 2. The summed E-state index contributed by atoms with van der Waals surface area (Å²) in [6, 6.07) is 6.25. The van der Waals surface area contributed by atoms with Gasteiger partial charge in [-0.25, -0.2) is 17.6 Å². The first-order valence-electron chi connectivity index (χ1n) is 12.6. The number of piperidine rings is 1. The number of aliphatic carboxylic acids is 1. The molecule has 11 heteroatoms. The van der Waals surface area contributed by atoms with Gasteiger partial charge in [-0.1, -0.05) is 11.6 Å². The normalized spacial score (nSPS) is 16.3. The van der Waals surface area contributed by atoms with Crippen molar-refractivity contribution in [3.8, 4) is 11.5 Å². The monoisotopic (exact) mass is 568 g/mol. The van der Waals surface area contributed by atoms with Crippen LogP contribution in [0.15, 0.2) is 36.5 Å². The fraction of sp³-hybridized carbons (Fsp3) is 0.429. The summed E-state index contributed by atoms with van der Waals surface area (Å²) in [5, 5.41) is 10.3. The van der Waals surface area contributed by atoms with Gasteiger partial charge in [-0.15, -0.1) is 0 Å². The van der Waals surface area contributed by atoms with Crippen LogP contribution in [0.5, 0.6) is 11.5 Å². The molecule has 39 heavy (non-hydrogen) atoms. The Morgan fingerprint density at radius 2 is 1.87 bits per heavy atom. The minimum Gasteiger partial charge on any atom is -0.497 e. The highest BCUT2D eigenvalue weighted by Gasteiger charge is 2.37. The maximum atomic E-state index is 15.7. The Labute approximate surface area is 228 Å². The molecule has 1 atom stereocenters. The van der Waals surface area contributed by atoms with E-state index < -0.39 is 40.8 Å². The zero-order chi connectivity index (χ0) is 28.2. The third kappa shape index (κ3) is 6.91. The van der Waals surface area contributed by atoms with Crippen molar-refractivity contribution in [1.29, 1.82) is 0 Å². The van der Waals surface area contributed by atoms with Gasteiger partial charge in [-0.3, -0.25) is 14.7 Å². The highest BCUT2D eigenvalue weighted by Crippen LogP contribution is 2.44. The first-order chi connectivity index (χ1) is 18.6. The number of methoxy groups -OCH3 is 1. The minimum atomic E-state index is -1.44. The van der Waals surface area contributed by atoms with Crippen LogP contribution < -0.4 is 9.47 Å². The second-order valence-corrected chi connectivity index (χ2v) is 10.3. The smallest absolute Gasteiger partial charge is 0.303 e. The van der Waals surface area contributed by atoms with E-state index in [1.54, 1.807) is 18.2 Å². The van der Waals surface area contributed by atoms with Crippen LogP contribution in [-0.2, 0) is 4.79 Å². The van der Waals surface area contributed by atoms with Gasteiger partial charge in [0.1, 0.15) is 24.3 Å². The van der Waals surface area contributed by atoms with Crippen molar-refractivity contribution in [3.63, 3.8) is 0 Å². The van der Waals surface area contributed by atoms with Gasteiger partial charge in [0.05, 0.1) is 24.1 Å². The molecule has 1 saturated heterocycles. The van der Waals surface area contributed by atoms with E-state index in [0.29, 0.717) is 73.2 Å². The standard InChI is InChI=1S/C28H29ClF4N2O4/c1-38-18-2-3-24-19(14-18)26(20(29)16-34-24)21(31)4-5-28(15-25(36)37)6-8-35(9-7-28)10-11-39-27-22(32)12-17(30)13-23(27)33/h2-3,12-14,16,21H,4-11,15H2,1H3,(H,36,37)/t21-/m1/s1. The minimum absolute atomic E-state index is 0.0327. The number of hydrogen-bond acceptors (Lipinski definition) is 5. The van der Waals surface area contributed by atoms with Gasteiger partial charge in [0.25, 0.3) is 0 Å². The summed E-state index contributed by atoms with van der Waals surface area (Å²) in [5.74, 6) is -4.31. The highest BCUT2D eigenvalue weighted by molar-refractivity contribution is 6.32. The fourth-order valence-electron chi connectivity index (χ4n) is 5.22. The molecule has 0 aliphatic carbocycles. The number of halogens is 5. The average molecular weight is 569 g/mol. The Balaban J connectivity index is 1.39. The van der Waals surface area contributed by atoms with E-state index in [0.717, 1.165) is 0 Å². The van der Waals surface area contributed by atoms with Crippen molar-refractivity contribution >= 4 is 28.5 Å². The van der Waals surface area contributed by atoms with Gasteiger partial charge in [-0.05, 0) is 62.4 Å². The van der Waals surface area contributed by atoms with Gasteiger partial charge in [-0.2, -0.15) is 0 Å². The van der Waals surface area contributed by atoms with Crippen molar-refractivity contribution in [2.24, 2.45) is 5.41 Å². The van der Waals surface area contributed by atoms with E-state index in [1.165, 1.54) is 13.3 Å². The lowest BCUT2D eigenvalue weighted by Crippen LogP contribution is -2.42. The molecule has 3 aromatic rings. The van der Waals surface area contributed by atoms with Crippen molar-refractivity contribution < 1.29 is 36.9 Å². The van der Waals surface area contributed by atoms with Crippen LogP contribution in [0.1, 0.15) is 43.8 Å². The summed E-state index contributed by atoms with van der Waals surface area (Å²) in [6.45, 7) is 1.33. The molecule has 1 aromatic heterocycles. The van der Waals surface area contributed by atoms with Crippen LogP contribution in [0.25, 0.3) is 10.9 Å². The average Bonchev–Trinajstić information content (AvgIpc) is 2.89. The Bertz CT molecular complexity index is 1310. The van der Waals surface area contributed by atoms with Crippen LogP contribution in [0.4, 0.5) is 17.6 Å². The van der Waals surface area contributed by atoms with E-state index in [4.69, 9.17) is 21.1 Å². The molecule has 0 bridgehead atoms. The number of carboxylic acid groups (broad SMARTS) is 1. The predicted octanol–water partition coefficient (Wildman–Crippen LogP) is 6.74. The molecule has 6 nitrogen and oxygen atoms in total. The molecule has 0 radical (unpaired) electrons. The zero-order valence-electron chi connectivity index (χ0n) is 21.4. The molecule has 210 valence electrons. The van der Waals surface area contributed by atoms with Crippen LogP contribution in [0, 0.1) is 22.9 Å². The van der Waals surface area contributed by atoms with Crippen molar-refractivity contribution in [2.45, 2.75) is 38.3 Å². The highest BCUT2D eigenvalue weighted by atomic mass is 35.5. The number of benzene rings is 2. The van der Waals surface area contributed by atoms with Gasteiger partial charge < -0.3 is 14.6 Å². The molecule has 4 rings (SSSR count). The molecule has 0 amide bonds. The Morgan fingerprint density at radius 3 is 2.51 bits per heavy atom. The molecular formula is C28H29ClF4N2O4. The number of hydrogen-bond donors (Lipinski definition) is 1. The fourth-order valence-corrected chi connectivity index (χ4v) is 5.49. The number of aromatic nitrogens is 1. The molecule has 0 unspecified atom stereocenters. The summed E-state index contributed by atoms with van der Waals surface area (Å²) in [4.78, 5) is 18.0. The van der Waals surface area contributed by atoms with E-state index in [2.05, 4.69) is 4.98 Å². The van der Waals surface area contributed by atoms with Gasteiger partial charge >= 0.3 is 5.97 Å². The van der Waals surface area contributed by atoms with Crippen LogP contribution in [0.2, 0.25) is 5.02 Å². The number of carboxylic acids is 1. The first-order valence-corrected chi connectivity index (χ1v) is 13.0. The predicted molar refractivity (Wildman–Crippen MR) is 139 cm³/mol. The lowest BCUT2D eigenvalue weighted by atomic mass is 9.71. The Hall–Kier alpha value is -3.11. The quantitative estimate of drug-likeness (QED) is 0.258. The number of fused-ring (bicyclic) bond motifs is 1. The molecule has 1 fully saturated rings. The zero-order valence-corrected chi connectivity index (χ0v) is 22.1. The van der Waals surface area contributed by atoms with Crippen LogP contribution >= 0.6 is 11.6 Å². The number of rotatable bonds is 11. The maximum absolute atomic E-state index is 15.7. The topological polar surface area (TPSA) is 71.9 Å². The molecule has 2 heterocycles. The van der Waals surface area contributed by atoms with E-state index in [-0.39, 0.29) is 24.5 Å².